The molecule has 3 N–H and O–H groups in total. The highest BCUT2D eigenvalue weighted by molar-refractivity contribution is 4.80. The highest BCUT2D eigenvalue weighted by Gasteiger charge is 2.41. The zero-order valence-corrected chi connectivity index (χ0v) is 10.8. The lowest BCUT2D eigenvalue weighted by atomic mass is 9.95. The van der Waals surface area contributed by atoms with Crippen LogP contribution in [-0.4, -0.2) is 48.0 Å². The third kappa shape index (κ3) is 5.12. The zero-order chi connectivity index (χ0) is 13.8. The minimum Gasteiger partial charge on any atom is -0.394 e. The lowest BCUT2D eigenvalue weighted by molar-refractivity contribution is -0.186. The Morgan fingerprint density at radius 3 is 2.61 bits per heavy atom. The molecule has 0 aromatic rings. The predicted molar refractivity (Wildman–Crippen MR) is 64.1 cm³/mol. The quantitative estimate of drug-likeness (QED) is 0.798. The van der Waals surface area contributed by atoms with Crippen molar-refractivity contribution in [2.75, 3.05) is 26.2 Å². The van der Waals surface area contributed by atoms with Crippen LogP contribution < -0.4 is 5.73 Å². The first kappa shape index (κ1) is 15.7. The van der Waals surface area contributed by atoms with Crippen LogP contribution in [0.5, 0.6) is 0 Å². The number of rotatable bonds is 5. The molecule has 6 heteroatoms. The van der Waals surface area contributed by atoms with Crippen molar-refractivity contribution in [1.82, 2.24) is 4.90 Å². The van der Waals surface area contributed by atoms with E-state index in [4.69, 9.17) is 10.8 Å². The van der Waals surface area contributed by atoms with Crippen LogP contribution in [0.15, 0.2) is 0 Å². The second-order valence-corrected chi connectivity index (χ2v) is 5.60. The summed E-state index contributed by atoms with van der Waals surface area (Å²) in [7, 11) is 0. The van der Waals surface area contributed by atoms with Gasteiger partial charge in [-0.2, -0.15) is 13.2 Å². The van der Waals surface area contributed by atoms with E-state index < -0.39 is 17.6 Å². The minimum absolute atomic E-state index is 0.0990. The van der Waals surface area contributed by atoms with Crippen LogP contribution >= 0.6 is 0 Å². The van der Waals surface area contributed by atoms with Gasteiger partial charge in [0.2, 0.25) is 0 Å². The Labute approximate surface area is 106 Å². The standard InChI is InChI=1S/C12H23F3N2O/c1-11(16,9-18)5-3-7-17-6-2-4-10(8-17)12(13,14)15/h10,18H,2-9,16H2,1H3. The van der Waals surface area contributed by atoms with Gasteiger partial charge in [-0.3, -0.25) is 0 Å². The van der Waals surface area contributed by atoms with Crippen molar-refractivity contribution in [2.24, 2.45) is 11.7 Å². The molecule has 0 radical (unpaired) electrons. The summed E-state index contributed by atoms with van der Waals surface area (Å²) < 4.78 is 37.8. The van der Waals surface area contributed by atoms with Crippen LogP contribution in [0.2, 0.25) is 0 Å². The molecule has 0 aromatic heterocycles. The summed E-state index contributed by atoms with van der Waals surface area (Å²) in [4.78, 5) is 1.86. The first-order valence-electron chi connectivity index (χ1n) is 6.43. The molecule has 0 saturated carbocycles. The van der Waals surface area contributed by atoms with Crippen molar-refractivity contribution < 1.29 is 18.3 Å². The fourth-order valence-electron chi connectivity index (χ4n) is 2.31. The number of hydrogen-bond acceptors (Lipinski definition) is 3. The molecule has 2 atom stereocenters. The maximum absolute atomic E-state index is 12.6. The summed E-state index contributed by atoms with van der Waals surface area (Å²) in [6.45, 7) is 3.11. The summed E-state index contributed by atoms with van der Waals surface area (Å²) >= 11 is 0. The Morgan fingerprint density at radius 2 is 2.06 bits per heavy atom. The molecule has 1 saturated heterocycles. The van der Waals surface area contributed by atoms with Crippen LogP contribution in [0.3, 0.4) is 0 Å². The number of likely N-dealkylation sites (tertiary alicyclic amines) is 1. The van der Waals surface area contributed by atoms with Crippen LogP contribution in [-0.2, 0) is 0 Å². The fourth-order valence-corrected chi connectivity index (χ4v) is 2.31. The molecular weight excluding hydrogens is 245 g/mol. The second kappa shape index (κ2) is 6.21. The van der Waals surface area contributed by atoms with E-state index in [2.05, 4.69) is 0 Å². The van der Waals surface area contributed by atoms with E-state index in [9.17, 15) is 13.2 Å². The number of halogens is 3. The molecule has 108 valence electrons. The summed E-state index contributed by atoms with van der Waals surface area (Å²) in [6.07, 6.45) is -1.89. The van der Waals surface area contributed by atoms with Gasteiger partial charge in [0.1, 0.15) is 0 Å². The molecule has 0 aliphatic carbocycles. The highest BCUT2D eigenvalue weighted by Crippen LogP contribution is 2.33. The second-order valence-electron chi connectivity index (χ2n) is 5.60. The SMILES string of the molecule is CC(N)(CO)CCCN1CCCC(C(F)(F)F)C1. The van der Waals surface area contributed by atoms with Crippen LogP contribution in [0, 0.1) is 5.92 Å². The molecule has 2 unspecified atom stereocenters. The summed E-state index contributed by atoms with van der Waals surface area (Å²) in [5.41, 5.74) is 5.15. The molecule has 0 spiro atoms. The zero-order valence-electron chi connectivity index (χ0n) is 10.8. The van der Waals surface area contributed by atoms with Crippen molar-refractivity contribution in [2.45, 2.75) is 44.3 Å². The number of nitrogens with two attached hydrogens (primary N) is 1. The Morgan fingerprint density at radius 1 is 1.39 bits per heavy atom. The van der Waals surface area contributed by atoms with Crippen LogP contribution in [0.4, 0.5) is 13.2 Å². The third-order valence-electron chi connectivity index (χ3n) is 3.55. The summed E-state index contributed by atoms with van der Waals surface area (Å²) in [5, 5.41) is 8.99. The molecule has 0 amide bonds. The lowest BCUT2D eigenvalue weighted by Gasteiger charge is -2.34. The average molecular weight is 268 g/mol. The monoisotopic (exact) mass is 268 g/mol. The van der Waals surface area contributed by atoms with Gasteiger partial charge in [0.05, 0.1) is 12.5 Å². The van der Waals surface area contributed by atoms with Gasteiger partial charge in [0, 0.05) is 12.1 Å². The average Bonchev–Trinajstić information content (AvgIpc) is 2.28. The Balaban J connectivity index is 2.31. The van der Waals surface area contributed by atoms with Gasteiger partial charge in [0.15, 0.2) is 0 Å². The van der Waals surface area contributed by atoms with E-state index >= 15 is 0 Å². The van der Waals surface area contributed by atoms with E-state index in [-0.39, 0.29) is 19.6 Å². The molecule has 3 nitrogen and oxygen atoms in total. The van der Waals surface area contributed by atoms with Crippen LogP contribution in [0.1, 0.15) is 32.6 Å². The van der Waals surface area contributed by atoms with E-state index in [0.29, 0.717) is 19.4 Å². The van der Waals surface area contributed by atoms with Gasteiger partial charge >= 0.3 is 6.18 Å². The first-order chi connectivity index (χ1) is 8.24. The van der Waals surface area contributed by atoms with Gasteiger partial charge in [-0.05, 0) is 45.7 Å². The molecule has 1 rings (SSSR count). The molecule has 0 bridgehead atoms. The molecule has 1 fully saturated rings. The Hall–Kier alpha value is -0.330. The Kier molecular flexibility index (Phi) is 5.43. The smallest absolute Gasteiger partial charge is 0.393 e. The molecule has 1 heterocycles. The van der Waals surface area contributed by atoms with Crippen molar-refractivity contribution in [1.29, 1.82) is 0 Å². The van der Waals surface area contributed by atoms with Crippen LogP contribution in [0.25, 0.3) is 0 Å². The predicted octanol–water partition coefficient (Wildman–Crippen LogP) is 1.75. The molecule has 1 aliphatic heterocycles. The molecule has 0 aromatic carbocycles. The number of aliphatic hydroxyl groups is 1. The van der Waals surface area contributed by atoms with E-state index in [1.807, 2.05) is 4.90 Å². The van der Waals surface area contributed by atoms with E-state index in [1.165, 1.54) is 0 Å². The summed E-state index contributed by atoms with van der Waals surface area (Å²) in [5.74, 6) is -1.19. The van der Waals surface area contributed by atoms with Crippen molar-refractivity contribution in [3.63, 3.8) is 0 Å². The van der Waals surface area contributed by atoms with Crippen molar-refractivity contribution >= 4 is 0 Å². The minimum atomic E-state index is -4.08. The number of alkyl halides is 3. The maximum Gasteiger partial charge on any atom is 0.393 e. The number of nitrogens with zero attached hydrogens (tertiary/aromatic N) is 1. The molecule has 1 aliphatic rings. The largest absolute Gasteiger partial charge is 0.394 e. The fraction of sp³-hybridized carbons (Fsp3) is 1.00. The maximum atomic E-state index is 12.6. The number of aliphatic hydroxyl groups excluding tert-OH is 1. The Bertz CT molecular complexity index is 256. The van der Waals surface area contributed by atoms with Crippen molar-refractivity contribution in [3.8, 4) is 0 Å². The van der Waals surface area contributed by atoms with Gasteiger partial charge in [-0.1, -0.05) is 0 Å². The lowest BCUT2D eigenvalue weighted by Crippen LogP contribution is -2.44. The van der Waals surface area contributed by atoms with E-state index in [1.54, 1.807) is 6.92 Å². The number of hydrogen-bond donors (Lipinski definition) is 2. The summed E-state index contributed by atoms with van der Waals surface area (Å²) in [6, 6.07) is 0. The van der Waals surface area contributed by atoms with Gasteiger partial charge < -0.3 is 15.7 Å². The highest BCUT2D eigenvalue weighted by atomic mass is 19.4. The van der Waals surface area contributed by atoms with Gasteiger partial charge in [0.25, 0.3) is 0 Å². The molecule has 18 heavy (non-hydrogen) atoms. The van der Waals surface area contributed by atoms with Gasteiger partial charge in [-0.25, -0.2) is 0 Å². The molecular formula is C12H23F3N2O. The third-order valence-corrected chi connectivity index (χ3v) is 3.55. The normalized spacial score (nSPS) is 26.0. The van der Waals surface area contributed by atoms with Crippen molar-refractivity contribution in [3.05, 3.63) is 0 Å². The van der Waals surface area contributed by atoms with E-state index in [0.717, 1.165) is 13.0 Å². The first-order valence-corrected chi connectivity index (χ1v) is 6.43. The topological polar surface area (TPSA) is 49.5 Å². The number of piperidine rings is 1. The van der Waals surface area contributed by atoms with Gasteiger partial charge in [-0.15, -0.1) is 0 Å².